The number of hydrazine groups is 1. The Balaban J connectivity index is 1.33. The number of carbonyl (C=O) groups is 2. The SMILES string of the molecule is Cc1ccc(C2CC(C(=O)NC3CC(=O)N(c4ccccc4)C3)NN2)s1. The van der Waals surface area contributed by atoms with Crippen LogP contribution in [0.5, 0.6) is 0 Å². The van der Waals surface area contributed by atoms with Gasteiger partial charge in [-0.3, -0.25) is 9.59 Å². The molecule has 0 saturated carbocycles. The highest BCUT2D eigenvalue weighted by Gasteiger charge is 2.35. The number of hydrogen-bond donors (Lipinski definition) is 3. The number of aryl methyl sites for hydroxylation is 1. The van der Waals surface area contributed by atoms with E-state index in [1.807, 2.05) is 30.3 Å². The minimum Gasteiger partial charge on any atom is -0.350 e. The number of nitrogens with zero attached hydrogens (tertiary/aromatic N) is 1. The van der Waals surface area contributed by atoms with Gasteiger partial charge in [0.25, 0.3) is 0 Å². The van der Waals surface area contributed by atoms with Crippen LogP contribution in [0.3, 0.4) is 0 Å². The summed E-state index contributed by atoms with van der Waals surface area (Å²) in [5.41, 5.74) is 7.17. The molecule has 4 rings (SSSR count). The van der Waals surface area contributed by atoms with E-state index in [0.717, 1.165) is 5.69 Å². The molecule has 7 heteroatoms. The Morgan fingerprint density at radius 3 is 2.73 bits per heavy atom. The monoisotopic (exact) mass is 370 g/mol. The van der Waals surface area contributed by atoms with Crippen LogP contribution in [0, 0.1) is 6.92 Å². The van der Waals surface area contributed by atoms with Gasteiger partial charge in [0.15, 0.2) is 0 Å². The molecule has 1 aromatic carbocycles. The lowest BCUT2D eigenvalue weighted by atomic mass is 10.1. The molecule has 3 N–H and O–H groups in total. The summed E-state index contributed by atoms with van der Waals surface area (Å²) in [5, 5.41) is 3.03. The number of para-hydroxylation sites is 1. The van der Waals surface area contributed by atoms with E-state index < -0.39 is 0 Å². The fourth-order valence-corrected chi connectivity index (χ4v) is 4.46. The smallest absolute Gasteiger partial charge is 0.238 e. The molecule has 1 aromatic heterocycles. The minimum atomic E-state index is -0.289. The van der Waals surface area contributed by atoms with E-state index in [0.29, 0.717) is 19.4 Å². The van der Waals surface area contributed by atoms with Crippen molar-refractivity contribution in [3.8, 4) is 0 Å². The predicted octanol–water partition coefficient (Wildman–Crippen LogP) is 1.89. The van der Waals surface area contributed by atoms with Crippen molar-refractivity contribution in [2.24, 2.45) is 0 Å². The molecule has 0 spiro atoms. The third kappa shape index (κ3) is 3.51. The van der Waals surface area contributed by atoms with Gasteiger partial charge in [0, 0.05) is 28.4 Å². The van der Waals surface area contributed by atoms with Crippen molar-refractivity contribution in [2.45, 2.75) is 37.9 Å². The van der Waals surface area contributed by atoms with Crippen molar-refractivity contribution >= 4 is 28.8 Å². The van der Waals surface area contributed by atoms with Crippen LogP contribution in [0.1, 0.15) is 28.6 Å². The highest BCUT2D eigenvalue weighted by Crippen LogP contribution is 2.28. The molecule has 3 unspecified atom stereocenters. The van der Waals surface area contributed by atoms with Gasteiger partial charge in [0.1, 0.15) is 6.04 Å². The van der Waals surface area contributed by atoms with Gasteiger partial charge in [-0.1, -0.05) is 18.2 Å². The topological polar surface area (TPSA) is 73.5 Å². The molecule has 2 amide bonds. The molecule has 2 aliphatic heterocycles. The lowest BCUT2D eigenvalue weighted by molar-refractivity contribution is -0.123. The molecular weight excluding hydrogens is 348 g/mol. The summed E-state index contributed by atoms with van der Waals surface area (Å²) in [5.74, 6) is -0.00747. The summed E-state index contributed by atoms with van der Waals surface area (Å²) in [6.07, 6.45) is 1.04. The van der Waals surface area contributed by atoms with Crippen LogP contribution in [-0.4, -0.2) is 30.4 Å². The second kappa shape index (κ2) is 7.19. The zero-order valence-corrected chi connectivity index (χ0v) is 15.4. The summed E-state index contributed by atoms with van der Waals surface area (Å²) < 4.78 is 0. The normalized spacial score (nSPS) is 25.7. The number of hydrogen-bond acceptors (Lipinski definition) is 5. The van der Waals surface area contributed by atoms with E-state index in [2.05, 4.69) is 35.2 Å². The largest absolute Gasteiger partial charge is 0.350 e. The maximum absolute atomic E-state index is 12.6. The number of benzene rings is 1. The number of anilines is 1. The van der Waals surface area contributed by atoms with Crippen LogP contribution < -0.4 is 21.1 Å². The molecule has 2 aromatic rings. The molecule has 6 nitrogen and oxygen atoms in total. The minimum absolute atomic E-state index is 0.0472. The van der Waals surface area contributed by atoms with E-state index in [4.69, 9.17) is 0 Å². The summed E-state index contributed by atoms with van der Waals surface area (Å²) in [6, 6.07) is 13.5. The van der Waals surface area contributed by atoms with Crippen molar-refractivity contribution in [3.05, 3.63) is 52.2 Å². The maximum atomic E-state index is 12.6. The summed E-state index contributed by atoms with van der Waals surface area (Å²) in [7, 11) is 0. The van der Waals surface area contributed by atoms with Gasteiger partial charge < -0.3 is 10.2 Å². The van der Waals surface area contributed by atoms with Crippen LogP contribution in [0.25, 0.3) is 0 Å². The first-order valence-corrected chi connectivity index (χ1v) is 9.65. The fraction of sp³-hybridized carbons (Fsp3) is 0.368. The highest BCUT2D eigenvalue weighted by molar-refractivity contribution is 7.12. The lowest BCUT2D eigenvalue weighted by Crippen LogP contribution is -2.47. The number of carbonyl (C=O) groups excluding carboxylic acids is 2. The van der Waals surface area contributed by atoms with E-state index in [-0.39, 0.29) is 29.9 Å². The average molecular weight is 370 g/mol. The third-order valence-corrected chi connectivity index (χ3v) is 5.98. The number of nitrogens with one attached hydrogen (secondary N) is 3. The average Bonchev–Trinajstić information content (AvgIpc) is 3.35. The molecule has 0 radical (unpaired) electrons. The Morgan fingerprint density at radius 1 is 1.19 bits per heavy atom. The van der Waals surface area contributed by atoms with Crippen LogP contribution in [0.15, 0.2) is 42.5 Å². The molecule has 2 saturated heterocycles. The standard InChI is InChI=1S/C19H22N4O2S/c1-12-7-8-17(26-12)15-10-16(22-21-15)19(25)20-13-9-18(24)23(11-13)14-5-3-2-4-6-14/h2-8,13,15-16,21-22H,9-11H2,1H3,(H,20,25). The van der Waals surface area contributed by atoms with E-state index in [1.165, 1.54) is 9.75 Å². The molecule has 0 aliphatic carbocycles. The highest BCUT2D eigenvalue weighted by atomic mass is 32.1. The van der Waals surface area contributed by atoms with E-state index in [1.54, 1.807) is 16.2 Å². The Labute approximate surface area is 156 Å². The quantitative estimate of drug-likeness (QED) is 0.768. The Kier molecular flexibility index (Phi) is 4.76. The lowest BCUT2D eigenvalue weighted by Gasteiger charge is -2.18. The van der Waals surface area contributed by atoms with Gasteiger partial charge in [0.05, 0.1) is 12.1 Å². The first-order chi connectivity index (χ1) is 12.6. The van der Waals surface area contributed by atoms with Gasteiger partial charge >= 0.3 is 0 Å². The molecule has 2 aliphatic rings. The molecule has 26 heavy (non-hydrogen) atoms. The molecule has 136 valence electrons. The third-order valence-electron chi connectivity index (χ3n) is 4.86. The van der Waals surface area contributed by atoms with Crippen LogP contribution in [0.2, 0.25) is 0 Å². The van der Waals surface area contributed by atoms with Crippen molar-refractivity contribution in [1.82, 2.24) is 16.2 Å². The number of rotatable bonds is 4. The second-order valence-electron chi connectivity index (χ2n) is 6.83. The molecular formula is C19H22N4O2S. The van der Waals surface area contributed by atoms with Gasteiger partial charge in [0.2, 0.25) is 11.8 Å². The van der Waals surface area contributed by atoms with Gasteiger partial charge in [-0.25, -0.2) is 10.9 Å². The summed E-state index contributed by atoms with van der Waals surface area (Å²) >= 11 is 1.74. The summed E-state index contributed by atoms with van der Waals surface area (Å²) in [4.78, 5) is 29.1. The Bertz CT molecular complexity index is 807. The van der Waals surface area contributed by atoms with E-state index >= 15 is 0 Å². The van der Waals surface area contributed by atoms with Crippen molar-refractivity contribution < 1.29 is 9.59 Å². The van der Waals surface area contributed by atoms with Gasteiger partial charge in [-0.2, -0.15) is 0 Å². The first kappa shape index (κ1) is 17.2. The maximum Gasteiger partial charge on any atom is 0.238 e. The molecule has 3 atom stereocenters. The van der Waals surface area contributed by atoms with Gasteiger partial charge in [-0.05, 0) is 37.6 Å². The molecule has 3 heterocycles. The fourth-order valence-electron chi connectivity index (χ4n) is 3.52. The van der Waals surface area contributed by atoms with E-state index in [9.17, 15) is 9.59 Å². The second-order valence-corrected chi connectivity index (χ2v) is 8.15. The zero-order chi connectivity index (χ0) is 18.1. The van der Waals surface area contributed by atoms with Crippen LogP contribution >= 0.6 is 11.3 Å². The Hall–Kier alpha value is -2.22. The van der Waals surface area contributed by atoms with Crippen molar-refractivity contribution in [3.63, 3.8) is 0 Å². The Morgan fingerprint density at radius 2 is 2.00 bits per heavy atom. The zero-order valence-electron chi connectivity index (χ0n) is 14.6. The molecule has 2 fully saturated rings. The van der Waals surface area contributed by atoms with Gasteiger partial charge in [-0.15, -0.1) is 11.3 Å². The molecule has 0 bridgehead atoms. The van der Waals surface area contributed by atoms with Crippen LogP contribution in [0.4, 0.5) is 5.69 Å². The van der Waals surface area contributed by atoms with Crippen LogP contribution in [-0.2, 0) is 9.59 Å². The first-order valence-electron chi connectivity index (χ1n) is 8.83. The summed E-state index contributed by atoms with van der Waals surface area (Å²) in [6.45, 7) is 2.60. The van der Waals surface area contributed by atoms with Crippen molar-refractivity contribution in [2.75, 3.05) is 11.4 Å². The number of thiophene rings is 1. The number of amides is 2. The predicted molar refractivity (Wildman–Crippen MR) is 102 cm³/mol. The van der Waals surface area contributed by atoms with Crippen molar-refractivity contribution in [1.29, 1.82) is 0 Å².